The van der Waals surface area contributed by atoms with E-state index in [1.807, 2.05) is 14.0 Å². The second-order valence-corrected chi connectivity index (χ2v) is 4.80. The maximum atomic E-state index is 11.9. The Bertz CT molecular complexity index is 297. The molecule has 2 unspecified atom stereocenters. The van der Waals surface area contributed by atoms with Crippen molar-refractivity contribution < 1.29 is 22.7 Å². The van der Waals surface area contributed by atoms with Crippen LogP contribution in [0.3, 0.4) is 0 Å². The number of nitrogens with one attached hydrogen (secondary N) is 1. The van der Waals surface area contributed by atoms with Gasteiger partial charge in [0.05, 0.1) is 0 Å². The van der Waals surface area contributed by atoms with Crippen LogP contribution in [0.1, 0.15) is 19.8 Å². The molecule has 0 spiro atoms. The Morgan fingerprint density at radius 2 is 2.16 bits per heavy atom. The van der Waals surface area contributed by atoms with Crippen LogP contribution in [0.15, 0.2) is 0 Å². The van der Waals surface area contributed by atoms with E-state index in [-0.39, 0.29) is 5.91 Å². The summed E-state index contributed by atoms with van der Waals surface area (Å²) in [7, 11) is 1.89. The highest BCUT2D eigenvalue weighted by Crippen LogP contribution is 2.20. The van der Waals surface area contributed by atoms with Gasteiger partial charge in [-0.2, -0.15) is 13.2 Å². The lowest BCUT2D eigenvalue weighted by atomic mass is 9.90. The fourth-order valence-corrected chi connectivity index (χ4v) is 2.40. The van der Waals surface area contributed by atoms with Crippen LogP contribution in [0.2, 0.25) is 0 Å². The van der Waals surface area contributed by atoms with Crippen molar-refractivity contribution in [3.8, 4) is 0 Å². The van der Waals surface area contributed by atoms with E-state index in [9.17, 15) is 18.0 Å². The van der Waals surface area contributed by atoms with Gasteiger partial charge in [0.25, 0.3) is 0 Å². The highest BCUT2D eigenvalue weighted by molar-refractivity contribution is 5.77. The van der Waals surface area contributed by atoms with Crippen molar-refractivity contribution >= 4 is 5.91 Å². The number of hydrogen-bond acceptors (Lipinski definition) is 3. The lowest BCUT2D eigenvalue weighted by molar-refractivity contribution is -0.178. The summed E-state index contributed by atoms with van der Waals surface area (Å²) in [5.74, 6) is -0.0254. The normalized spacial score (nSPS) is 24.6. The number of likely N-dealkylation sites (tertiary alicyclic amines) is 1. The van der Waals surface area contributed by atoms with E-state index in [2.05, 4.69) is 10.1 Å². The van der Waals surface area contributed by atoms with Gasteiger partial charge in [0, 0.05) is 19.1 Å². The Labute approximate surface area is 111 Å². The predicted molar refractivity (Wildman–Crippen MR) is 64.7 cm³/mol. The minimum Gasteiger partial charge on any atom is -0.362 e. The molecule has 1 amide bonds. The second-order valence-electron chi connectivity index (χ2n) is 4.80. The van der Waals surface area contributed by atoms with Gasteiger partial charge in [-0.15, -0.1) is 0 Å². The molecule has 0 radical (unpaired) electrons. The summed E-state index contributed by atoms with van der Waals surface area (Å²) in [6, 6.07) is 0.366. The molecule has 0 aromatic heterocycles. The van der Waals surface area contributed by atoms with E-state index in [1.54, 1.807) is 4.90 Å². The zero-order valence-corrected chi connectivity index (χ0v) is 11.3. The molecule has 0 saturated carbocycles. The maximum Gasteiger partial charge on any atom is 0.411 e. The number of nitrogens with zero attached hydrogens (tertiary/aromatic N) is 1. The molecule has 7 heteroatoms. The summed E-state index contributed by atoms with van der Waals surface area (Å²) >= 11 is 0. The quantitative estimate of drug-likeness (QED) is 0.829. The zero-order valence-electron chi connectivity index (χ0n) is 11.3. The Hall–Kier alpha value is -0.820. The summed E-state index contributed by atoms with van der Waals surface area (Å²) in [6.45, 7) is 1.32. The zero-order chi connectivity index (χ0) is 14.5. The van der Waals surface area contributed by atoms with Gasteiger partial charge in [0.1, 0.15) is 13.2 Å². The lowest BCUT2D eigenvalue weighted by Crippen LogP contribution is -2.50. The Morgan fingerprint density at radius 1 is 1.47 bits per heavy atom. The molecule has 1 fully saturated rings. The molecule has 1 N–H and O–H groups in total. The van der Waals surface area contributed by atoms with Gasteiger partial charge in [0.2, 0.25) is 5.91 Å². The highest BCUT2D eigenvalue weighted by atomic mass is 19.4. The molecular formula is C12H21F3N2O2. The molecular weight excluding hydrogens is 261 g/mol. The number of halogens is 3. The van der Waals surface area contributed by atoms with E-state index >= 15 is 0 Å². The van der Waals surface area contributed by atoms with E-state index in [4.69, 9.17) is 0 Å². The fourth-order valence-electron chi connectivity index (χ4n) is 2.40. The van der Waals surface area contributed by atoms with Crippen molar-refractivity contribution in [3.05, 3.63) is 0 Å². The standard InChI is InChI=1S/C12H21F3N2O2/c1-3-9-6-17(5-4-10(9)16-2)11(18)7-19-8-12(13,14)15/h9-10,16H,3-8H2,1-2H3. The molecule has 1 aliphatic rings. The molecule has 1 saturated heterocycles. The number of carbonyl (C=O) groups excluding carboxylic acids is 1. The van der Waals surface area contributed by atoms with Crippen molar-refractivity contribution in [2.45, 2.75) is 32.0 Å². The number of hydrogen-bond donors (Lipinski definition) is 1. The van der Waals surface area contributed by atoms with Crippen LogP contribution in [0, 0.1) is 5.92 Å². The van der Waals surface area contributed by atoms with Crippen LogP contribution in [-0.4, -0.2) is 56.4 Å². The number of alkyl halides is 3. The molecule has 1 heterocycles. The number of rotatable bonds is 5. The van der Waals surface area contributed by atoms with E-state index in [1.165, 1.54) is 0 Å². The van der Waals surface area contributed by atoms with Crippen molar-refractivity contribution in [3.63, 3.8) is 0 Å². The van der Waals surface area contributed by atoms with Gasteiger partial charge < -0.3 is 15.0 Å². The Kier molecular flexibility index (Phi) is 6.06. The van der Waals surface area contributed by atoms with E-state index in [0.29, 0.717) is 25.0 Å². The SMILES string of the molecule is CCC1CN(C(=O)COCC(F)(F)F)CCC1NC. The van der Waals surface area contributed by atoms with Gasteiger partial charge in [-0.1, -0.05) is 13.3 Å². The van der Waals surface area contributed by atoms with Crippen LogP contribution in [-0.2, 0) is 9.53 Å². The van der Waals surface area contributed by atoms with Gasteiger partial charge in [-0.05, 0) is 19.4 Å². The van der Waals surface area contributed by atoms with Crippen LogP contribution in [0.25, 0.3) is 0 Å². The van der Waals surface area contributed by atoms with E-state index < -0.39 is 19.4 Å². The first-order valence-corrected chi connectivity index (χ1v) is 6.47. The third-order valence-corrected chi connectivity index (χ3v) is 3.47. The van der Waals surface area contributed by atoms with Gasteiger partial charge >= 0.3 is 6.18 Å². The average Bonchev–Trinajstić information content (AvgIpc) is 2.36. The monoisotopic (exact) mass is 282 g/mol. The molecule has 4 nitrogen and oxygen atoms in total. The van der Waals surface area contributed by atoms with Gasteiger partial charge in [-0.3, -0.25) is 4.79 Å². The molecule has 112 valence electrons. The predicted octanol–water partition coefficient (Wildman–Crippen LogP) is 1.41. The minimum atomic E-state index is -4.38. The molecule has 0 aliphatic carbocycles. The van der Waals surface area contributed by atoms with Crippen LogP contribution >= 0.6 is 0 Å². The van der Waals surface area contributed by atoms with E-state index in [0.717, 1.165) is 12.8 Å². The molecule has 1 aliphatic heterocycles. The highest BCUT2D eigenvalue weighted by Gasteiger charge is 2.31. The molecule has 19 heavy (non-hydrogen) atoms. The summed E-state index contributed by atoms with van der Waals surface area (Å²) in [5.41, 5.74) is 0. The summed E-state index contributed by atoms with van der Waals surface area (Å²) in [4.78, 5) is 13.3. The molecule has 2 atom stereocenters. The maximum absolute atomic E-state index is 11.9. The molecule has 1 rings (SSSR count). The molecule has 0 bridgehead atoms. The lowest BCUT2D eigenvalue weighted by Gasteiger charge is -2.38. The first kappa shape index (κ1) is 16.2. The first-order valence-electron chi connectivity index (χ1n) is 6.47. The first-order chi connectivity index (χ1) is 8.87. The fraction of sp³-hybridized carbons (Fsp3) is 0.917. The van der Waals surface area contributed by atoms with Crippen molar-refractivity contribution in [1.29, 1.82) is 0 Å². The Morgan fingerprint density at radius 3 is 2.68 bits per heavy atom. The number of amides is 1. The third kappa shape index (κ3) is 5.36. The van der Waals surface area contributed by atoms with Crippen molar-refractivity contribution in [2.24, 2.45) is 5.92 Å². The largest absolute Gasteiger partial charge is 0.411 e. The number of ether oxygens (including phenoxy) is 1. The summed E-state index contributed by atoms with van der Waals surface area (Å²) in [6.07, 6.45) is -2.63. The van der Waals surface area contributed by atoms with Crippen LogP contribution in [0.5, 0.6) is 0 Å². The second kappa shape index (κ2) is 7.09. The topological polar surface area (TPSA) is 41.6 Å². The smallest absolute Gasteiger partial charge is 0.362 e. The van der Waals surface area contributed by atoms with Crippen molar-refractivity contribution in [2.75, 3.05) is 33.4 Å². The van der Waals surface area contributed by atoms with Gasteiger partial charge in [0.15, 0.2) is 0 Å². The average molecular weight is 282 g/mol. The molecule has 0 aromatic rings. The number of piperidine rings is 1. The van der Waals surface area contributed by atoms with Crippen molar-refractivity contribution in [1.82, 2.24) is 10.2 Å². The van der Waals surface area contributed by atoms with Crippen LogP contribution < -0.4 is 5.32 Å². The summed E-state index contributed by atoms with van der Waals surface area (Å²) in [5, 5.41) is 3.21. The minimum absolute atomic E-state index is 0.338. The number of carbonyl (C=O) groups is 1. The molecule has 0 aromatic carbocycles. The van der Waals surface area contributed by atoms with Gasteiger partial charge in [-0.25, -0.2) is 0 Å². The van der Waals surface area contributed by atoms with Crippen LogP contribution in [0.4, 0.5) is 13.2 Å². The summed E-state index contributed by atoms with van der Waals surface area (Å²) < 4.78 is 40.1. The Balaban J connectivity index is 2.37. The third-order valence-electron chi connectivity index (χ3n) is 3.47.